The summed E-state index contributed by atoms with van der Waals surface area (Å²) < 4.78 is 41.3. The number of benzene rings is 2. The lowest BCUT2D eigenvalue weighted by Gasteiger charge is -2.23. The van der Waals surface area contributed by atoms with E-state index in [9.17, 15) is 13.2 Å². The van der Waals surface area contributed by atoms with E-state index in [0.29, 0.717) is 34.6 Å². The molecule has 7 nitrogen and oxygen atoms in total. The normalized spacial score (nSPS) is 16.9. The summed E-state index contributed by atoms with van der Waals surface area (Å²) >= 11 is 0. The highest BCUT2D eigenvalue weighted by atomic mass is 32.2. The van der Waals surface area contributed by atoms with E-state index < -0.39 is 15.7 Å². The van der Waals surface area contributed by atoms with E-state index in [1.807, 2.05) is 6.07 Å². The van der Waals surface area contributed by atoms with Gasteiger partial charge in [-0.25, -0.2) is 8.42 Å². The third-order valence-electron chi connectivity index (χ3n) is 5.15. The van der Waals surface area contributed by atoms with Crippen LogP contribution >= 0.6 is 0 Å². The number of para-hydroxylation sites is 3. The first-order chi connectivity index (χ1) is 14.9. The van der Waals surface area contributed by atoms with Crippen LogP contribution in [0.3, 0.4) is 0 Å². The lowest BCUT2D eigenvalue weighted by atomic mass is 10.1. The van der Waals surface area contributed by atoms with Crippen LogP contribution in [0.1, 0.15) is 35.4 Å². The summed E-state index contributed by atoms with van der Waals surface area (Å²) in [4.78, 5) is 13.1. The Morgan fingerprint density at radius 1 is 1.13 bits per heavy atom. The molecule has 1 saturated heterocycles. The van der Waals surface area contributed by atoms with Crippen LogP contribution in [-0.2, 0) is 20.3 Å². The molecule has 1 atom stereocenters. The number of ether oxygens (including phenoxy) is 2. The zero-order valence-electron chi connectivity index (χ0n) is 17.3. The fourth-order valence-corrected chi connectivity index (χ4v) is 4.50. The molecule has 0 aliphatic carbocycles. The number of hydrogen-bond donors (Lipinski definition) is 1. The van der Waals surface area contributed by atoms with Gasteiger partial charge in [0, 0.05) is 23.8 Å². The molecule has 1 aliphatic heterocycles. The minimum Gasteiger partial charge on any atom is -0.489 e. The predicted octanol–water partition coefficient (Wildman–Crippen LogP) is 4.18. The molecule has 0 radical (unpaired) electrons. The smallest absolute Gasteiger partial charge is 0.291 e. The molecule has 31 heavy (non-hydrogen) atoms. The van der Waals surface area contributed by atoms with E-state index >= 15 is 0 Å². The summed E-state index contributed by atoms with van der Waals surface area (Å²) in [6, 6.07) is 14.1. The zero-order chi connectivity index (χ0) is 21.8. The molecule has 2 heterocycles. The van der Waals surface area contributed by atoms with Crippen molar-refractivity contribution in [2.75, 3.05) is 24.8 Å². The number of furan rings is 1. The highest BCUT2D eigenvalue weighted by Crippen LogP contribution is 2.30. The van der Waals surface area contributed by atoms with Crippen LogP contribution in [0.4, 0.5) is 5.69 Å². The Labute approximate surface area is 181 Å². The Kier molecular flexibility index (Phi) is 6.29. The van der Waals surface area contributed by atoms with Crippen molar-refractivity contribution in [2.45, 2.75) is 31.1 Å². The molecule has 3 aromatic rings. The van der Waals surface area contributed by atoms with Crippen molar-refractivity contribution in [1.82, 2.24) is 0 Å². The maximum Gasteiger partial charge on any atom is 0.291 e. The summed E-state index contributed by atoms with van der Waals surface area (Å²) in [5.74, 6) is -0.313. The number of fused-ring (bicyclic) bond motifs is 1. The molecule has 1 aliphatic rings. The first kappa shape index (κ1) is 21.4. The lowest BCUT2D eigenvalue weighted by Crippen LogP contribution is -2.26. The zero-order valence-corrected chi connectivity index (χ0v) is 18.1. The van der Waals surface area contributed by atoms with E-state index in [0.717, 1.165) is 32.1 Å². The SMILES string of the molecule is CS(=O)(=O)Cc1c(C(=O)Nc2ccccc2OCC2CCCCO2)oc2ccccc12. The van der Waals surface area contributed by atoms with Crippen molar-refractivity contribution < 1.29 is 27.1 Å². The molecule has 1 aromatic heterocycles. The van der Waals surface area contributed by atoms with Crippen LogP contribution < -0.4 is 10.1 Å². The van der Waals surface area contributed by atoms with E-state index in [1.54, 1.807) is 42.5 Å². The van der Waals surface area contributed by atoms with Crippen molar-refractivity contribution in [3.05, 3.63) is 59.9 Å². The number of carbonyl (C=O) groups excluding carboxylic acids is 1. The van der Waals surface area contributed by atoms with Crippen molar-refractivity contribution in [1.29, 1.82) is 0 Å². The van der Waals surface area contributed by atoms with E-state index in [1.165, 1.54) is 0 Å². The Morgan fingerprint density at radius 2 is 1.90 bits per heavy atom. The standard InChI is InChI=1S/C23H25NO6S/c1-31(26,27)15-18-17-9-2-4-11-20(17)30-22(18)23(25)24-19-10-3-5-12-21(19)29-14-16-8-6-7-13-28-16/h2-5,9-12,16H,6-8,13-15H2,1H3,(H,24,25). The van der Waals surface area contributed by atoms with Crippen LogP contribution in [0.5, 0.6) is 5.75 Å². The van der Waals surface area contributed by atoms with Gasteiger partial charge >= 0.3 is 0 Å². The van der Waals surface area contributed by atoms with Crippen LogP contribution in [0, 0.1) is 0 Å². The van der Waals surface area contributed by atoms with Crippen molar-refractivity contribution in [3.8, 4) is 5.75 Å². The van der Waals surface area contributed by atoms with Crippen molar-refractivity contribution in [3.63, 3.8) is 0 Å². The molecule has 0 saturated carbocycles. The number of hydrogen-bond acceptors (Lipinski definition) is 6. The summed E-state index contributed by atoms with van der Waals surface area (Å²) in [6.07, 6.45) is 4.29. The Morgan fingerprint density at radius 3 is 2.68 bits per heavy atom. The molecule has 8 heteroatoms. The molecular formula is C23H25NO6S. The predicted molar refractivity (Wildman–Crippen MR) is 118 cm³/mol. The van der Waals surface area contributed by atoms with Gasteiger partial charge in [0.15, 0.2) is 15.6 Å². The number of nitrogens with one attached hydrogen (secondary N) is 1. The fraction of sp³-hybridized carbons (Fsp3) is 0.348. The van der Waals surface area contributed by atoms with Gasteiger partial charge in [0.25, 0.3) is 5.91 Å². The molecule has 0 bridgehead atoms. The quantitative estimate of drug-likeness (QED) is 0.589. The number of anilines is 1. The van der Waals surface area contributed by atoms with Crippen LogP contribution in [0.2, 0.25) is 0 Å². The van der Waals surface area contributed by atoms with Gasteiger partial charge in [-0.05, 0) is 37.5 Å². The van der Waals surface area contributed by atoms with Crippen LogP contribution in [0.15, 0.2) is 52.9 Å². The van der Waals surface area contributed by atoms with Gasteiger partial charge in [-0.2, -0.15) is 0 Å². The maximum absolute atomic E-state index is 13.1. The highest BCUT2D eigenvalue weighted by molar-refractivity contribution is 7.89. The van der Waals surface area contributed by atoms with Gasteiger partial charge < -0.3 is 19.2 Å². The van der Waals surface area contributed by atoms with Gasteiger partial charge in [-0.3, -0.25) is 4.79 Å². The average molecular weight is 444 g/mol. The maximum atomic E-state index is 13.1. The van der Waals surface area contributed by atoms with E-state index in [4.69, 9.17) is 13.9 Å². The van der Waals surface area contributed by atoms with Gasteiger partial charge in [0.1, 0.15) is 17.9 Å². The van der Waals surface area contributed by atoms with Crippen molar-refractivity contribution in [2.24, 2.45) is 0 Å². The number of sulfone groups is 1. The number of amides is 1. The molecule has 4 rings (SSSR count). The second kappa shape index (κ2) is 9.11. The molecule has 1 N–H and O–H groups in total. The Hall–Kier alpha value is -2.84. The topological polar surface area (TPSA) is 94.8 Å². The number of rotatable bonds is 7. The van der Waals surface area contributed by atoms with E-state index in [-0.39, 0.29) is 17.6 Å². The van der Waals surface area contributed by atoms with Gasteiger partial charge in [0.2, 0.25) is 0 Å². The monoisotopic (exact) mass is 443 g/mol. The Balaban J connectivity index is 1.57. The molecule has 1 amide bonds. The third kappa shape index (κ3) is 5.26. The van der Waals surface area contributed by atoms with E-state index in [2.05, 4.69) is 5.32 Å². The summed E-state index contributed by atoms with van der Waals surface area (Å²) in [7, 11) is -3.38. The second-order valence-electron chi connectivity index (χ2n) is 7.73. The van der Waals surface area contributed by atoms with Crippen LogP contribution in [-0.4, -0.2) is 39.9 Å². The molecule has 0 spiro atoms. The second-order valence-corrected chi connectivity index (χ2v) is 9.87. The summed E-state index contributed by atoms with van der Waals surface area (Å²) in [5, 5.41) is 3.42. The highest BCUT2D eigenvalue weighted by Gasteiger charge is 2.24. The minimum atomic E-state index is -3.38. The summed E-state index contributed by atoms with van der Waals surface area (Å²) in [5.41, 5.74) is 1.30. The first-order valence-electron chi connectivity index (χ1n) is 10.2. The Bertz CT molecular complexity index is 1180. The molecule has 164 valence electrons. The average Bonchev–Trinajstić information content (AvgIpc) is 3.11. The van der Waals surface area contributed by atoms with Gasteiger partial charge in [-0.1, -0.05) is 30.3 Å². The third-order valence-corrected chi connectivity index (χ3v) is 5.96. The molecule has 1 fully saturated rings. The largest absolute Gasteiger partial charge is 0.489 e. The summed E-state index contributed by atoms with van der Waals surface area (Å²) in [6.45, 7) is 1.14. The lowest BCUT2D eigenvalue weighted by molar-refractivity contribution is -0.0109. The molecule has 1 unspecified atom stereocenters. The van der Waals surface area contributed by atoms with Crippen molar-refractivity contribution >= 4 is 32.4 Å². The molecule has 2 aromatic carbocycles. The van der Waals surface area contributed by atoms with Crippen LogP contribution in [0.25, 0.3) is 11.0 Å². The first-order valence-corrected chi connectivity index (χ1v) is 12.3. The minimum absolute atomic E-state index is 0.0166. The fourth-order valence-electron chi connectivity index (χ4n) is 3.68. The molecular weight excluding hydrogens is 418 g/mol. The number of carbonyl (C=O) groups is 1. The van der Waals surface area contributed by atoms with Gasteiger partial charge in [0.05, 0.1) is 17.5 Å². The van der Waals surface area contributed by atoms with Gasteiger partial charge in [-0.15, -0.1) is 0 Å².